The summed E-state index contributed by atoms with van der Waals surface area (Å²) in [6.07, 6.45) is 5.89. The van der Waals surface area contributed by atoms with Gasteiger partial charge in [-0.05, 0) is 33.1 Å². The maximum atomic E-state index is 4.47. The zero-order valence-corrected chi connectivity index (χ0v) is 9.75. The molecule has 1 atom stereocenters. The van der Waals surface area contributed by atoms with Gasteiger partial charge >= 0.3 is 0 Å². The molecule has 0 amide bonds. The molecule has 1 aliphatic rings. The second kappa shape index (κ2) is 4.17. The molecule has 1 N–H and O–H groups in total. The Labute approximate surface area is 91.3 Å². The van der Waals surface area contributed by atoms with Crippen LogP contribution in [0.1, 0.15) is 37.6 Å². The summed E-state index contributed by atoms with van der Waals surface area (Å²) < 4.78 is 0. The van der Waals surface area contributed by atoms with Gasteiger partial charge in [0.1, 0.15) is 5.82 Å². The minimum atomic E-state index is 0.507. The summed E-state index contributed by atoms with van der Waals surface area (Å²) >= 11 is 0. The second-order valence-electron chi connectivity index (χ2n) is 4.67. The van der Waals surface area contributed by atoms with Crippen molar-refractivity contribution < 1.29 is 0 Å². The quantitative estimate of drug-likeness (QED) is 0.821. The van der Waals surface area contributed by atoms with Crippen LogP contribution >= 0.6 is 0 Å². The van der Waals surface area contributed by atoms with E-state index in [2.05, 4.69) is 22.2 Å². The summed E-state index contributed by atoms with van der Waals surface area (Å²) in [5.74, 6) is 1.90. The molecule has 3 heteroatoms. The zero-order valence-electron chi connectivity index (χ0n) is 9.75. The first-order valence-corrected chi connectivity index (χ1v) is 5.72. The van der Waals surface area contributed by atoms with Gasteiger partial charge in [0, 0.05) is 12.2 Å². The van der Waals surface area contributed by atoms with E-state index in [-0.39, 0.29) is 0 Å². The van der Waals surface area contributed by atoms with Gasteiger partial charge in [0.2, 0.25) is 0 Å². The van der Waals surface area contributed by atoms with Crippen molar-refractivity contribution in [2.24, 2.45) is 5.92 Å². The number of aryl methyl sites for hydroxylation is 2. The Bertz CT molecular complexity index is 345. The van der Waals surface area contributed by atoms with Gasteiger partial charge in [0.15, 0.2) is 0 Å². The van der Waals surface area contributed by atoms with E-state index in [1.807, 2.05) is 20.0 Å². The smallest absolute Gasteiger partial charge is 0.147 e. The summed E-state index contributed by atoms with van der Waals surface area (Å²) in [5, 5.41) is 3.45. The molecule has 0 radical (unpaired) electrons. The number of nitrogens with zero attached hydrogens (tertiary/aromatic N) is 2. The maximum Gasteiger partial charge on any atom is 0.147 e. The largest absolute Gasteiger partial charge is 0.366 e. The number of aromatic nitrogens is 2. The van der Waals surface area contributed by atoms with E-state index in [1.54, 1.807) is 0 Å². The van der Waals surface area contributed by atoms with Gasteiger partial charge in [0.05, 0.1) is 11.4 Å². The minimum Gasteiger partial charge on any atom is -0.366 e. The molecule has 1 saturated carbocycles. The van der Waals surface area contributed by atoms with Crippen LogP contribution in [-0.4, -0.2) is 16.0 Å². The van der Waals surface area contributed by atoms with Crippen molar-refractivity contribution in [3.05, 3.63) is 17.6 Å². The first kappa shape index (κ1) is 10.4. The Balaban J connectivity index is 1.98. The normalized spacial score (nSPS) is 17.5. The van der Waals surface area contributed by atoms with Crippen LogP contribution in [0.5, 0.6) is 0 Å². The van der Waals surface area contributed by atoms with E-state index >= 15 is 0 Å². The molecule has 0 saturated heterocycles. The molecule has 0 bridgehead atoms. The molecule has 0 aromatic carbocycles. The molecule has 1 aromatic rings. The van der Waals surface area contributed by atoms with Crippen molar-refractivity contribution in [3.8, 4) is 0 Å². The number of hydrogen-bond donors (Lipinski definition) is 1. The topological polar surface area (TPSA) is 37.8 Å². The number of hydrogen-bond acceptors (Lipinski definition) is 3. The Morgan fingerprint density at radius 2 is 2.20 bits per heavy atom. The third-order valence-electron chi connectivity index (χ3n) is 2.84. The van der Waals surface area contributed by atoms with Gasteiger partial charge < -0.3 is 5.32 Å². The Kier molecular flexibility index (Phi) is 2.89. The summed E-state index contributed by atoms with van der Waals surface area (Å²) in [6.45, 7) is 6.20. The van der Waals surface area contributed by atoms with E-state index in [0.717, 1.165) is 23.1 Å². The Morgan fingerprint density at radius 3 is 2.87 bits per heavy atom. The summed E-state index contributed by atoms with van der Waals surface area (Å²) in [5.41, 5.74) is 1.96. The molecule has 0 aliphatic heterocycles. The lowest BCUT2D eigenvalue weighted by atomic mass is 10.1. The molecular formula is C12H19N3. The van der Waals surface area contributed by atoms with Gasteiger partial charge in [-0.2, -0.15) is 0 Å². The average Bonchev–Trinajstić information content (AvgIpc) is 2.95. The van der Waals surface area contributed by atoms with Crippen LogP contribution in [0.4, 0.5) is 5.82 Å². The SMILES string of the molecule is Cc1cnc(C)c(NC(C)CC2CC2)n1. The van der Waals surface area contributed by atoms with E-state index in [4.69, 9.17) is 0 Å². The maximum absolute atomic E-state index is 4.47. The van der Waals surface area contributed by atoms with Crippen molar-refractivity contribution in [2.75, 3.05) is 5.32 Å². The molecule has 1 unspecified atom stereocenters. The monoisotopic (exact) mass is 205 g/mol. The van der Waals surface area contributed by atoms with Gasteiger partial charge in [0.25, 0.3) is 0 Å². The highest BCUT2D eigenvalue weighted by Crippen LogP contribution is 2.34. The number of anilines is 1. The minimum absolute atomic E-state index is 0.507. The van der Waals surface area contributed by atoms with E-state index in [9.17, 15) is 0 Å². The van der Waals surface area contributed by atoms with Crippen LogP contribution in [0.2, 0.25) is 0 Å². The molecule has 0 spiro atoms. The molecule has 3 nitrogen and oxygen atoms in total. The molecule has 1 fully saturated rings. The Morgan fingerprint density at radius 1 is 1.47 bits per heavy atom. The van der Waals surface area contributed by atoms with Crippen molar-refractivity contribution in [1.29, 1.82) is 0 Å². The van der Waals surface area contributed by atoms with Crippen LogP contribution < -0.4 is 5.32 Å². The standard InChI is InChI=1S/C12H19N3/c1-8(6-11-4-5-11)14-12-10(3)13-7-9(2)15-12/h7-8,11H,4-6H2,1-3H3,(H,14,15). The van der Waals surface area contributed by atoms with Crippen LogP contribution in [0.3, 0.4) is 0 Å². The summed E-state index contributed by atoms with van der Waals surface area (Å²) in [6, 6.07) is 0.507. The van der Waals surface area contributed by atoms with Crippen LogP contribution in [-0.2, 0) is 0 Å². The molecule has 2 rings (SSSR count). The van der Waals surface area contributed by atoms with Crippen LogP contribution in [0.15, 0.2) is 6.20 Å². The fourth-order valence-corrected chi connectivity index (χ4v) is 1.82. The first-order chi connectivity index (χ1) is 7.15. The van der Waals surface area contributed by atoms with Crippen molar-refractivity contribution in [1.82, 2.24) is 9.97 Å². The van der Waals surface area contributed by atoms with E-state index in [1.165, 1.54) is 19.3 Å². The predicted molar refractivity (Wildman–Crippen MR) is 61.9 cm³/mol. The fraction of sp³-hybridized carbons (Fsp3) is 0.667. The van der Waals surface area contributed by atoms with E-state index < -0.39 is 0 Å². The zero-order chi connectivity index (χ0) is 10.8. The highest BCUT2D eigenvalue weighted by Gasteiger charge is 2.23. The molecule has 82 valence electrons. The summed E-state index contributed by atoms with van der Waals surface area (Å²) in [7, 11) is 0. The van der Waals surface area contributed by atoms with E-state index in [0.29, 0.717) is 6.04 Å². The third-order valence-corrected chi connectivity index (χ3v) is 2.84. The summed E-state index contributed by atoms with van der Waals surface area (Å²) in [4.78, 5) is 8.77. The van der Waals surface area contributed by atoms with Gasteiger partial charge in [-0.25, -0.2) is 4.98 Å². The third kappa shape index (κ3) is 2.91. The molecular weight excluding hydrogens is 186 g/mol. The molecule has 1 aromatic heterocycles. The van der Waals surface area contributed by atoms with Crippen LogP contribution in [0, 0.1) is 19.8 Å². The van der Waals surface area contributed by atoms with Crippen molar-refractivity contribution in [3.63, 3.8) is 0 Å². The average molecular weight is 205 g/mol. The van der Waals surface area contributed by atoms with Crippen molar-refractivity contribution >= 4 is 5.82 Å². The number of rotatable bonds is 4. The lowest BCUT2D eigenvalue weighted by Gasteiger charge is -2.15. The highest BCUT2D eigenvalue weighted by atomic mass is 15.0. The Hall–Kier alpha value is -1.12. The van der Waals surface area contributed by atoms with Crippen molar-refractivity contribution in [2.45, 2.75) is 46.1 Å². The second-order valence-corrected chi connectivity index (χ2v) is 4.67. The lowest BCUT2D eigenvalue weighted by molar-refractivity contribution is 0.638. The first-order valence-electron chi connectivity index (χ1n) is 5.72. The van der Waals surface area contributed by atoms with Gasteiger partial charge in [-0.1, -0.05) is 12.8 Å². The predicted octanol–water partition coefficient (Wildman–Crippen LogP) is 2.69. The highest BCUT2D eigenvalue weighted by molar-refractivity contribution is 5.40. The fourth-order valence-electron chi connectivity index (χ4n) is 1.82. The van der Waals surface area contributed by atoms with Crippen LogP contribution in [0.25, 0.3) is 0 Å². The van der Waals surface area contributed by atoms with Gasteiger partial charge in [-0.3, -0.25) is 4.98 Å². The molecule has 1 aliphatic carbocycles. The molecule has 15 heavy (non-hydrogen) atoms. The van der Waals surface area contributed by atoms with Gasteiger partial charge in [-0.15, -0.1) is 0 Å². The molecule has 1 heterocycles. The number of nitrogens with one attached hydrogen (secondary N) is 1. The lowest BCUT2D eigenvalue weighted by Crippen LogP contribution is -2.18.